The van der Waals surface area contributed by atoms with Gasteiger partial charge < -0.3 is 9.47 Å². The highest BCUT2D eigenvalue weighted by Gasteiger charge is 2.33. The molecule has 0 radical (unpaired) electrons. The van der Waals surface area contributed by atoms with Gasteiger partial charge in [-0.05, 0) is 58.3 Å². The molecule has 8 heteroatoms. The van der Waals surface area contributed by atoms with Gasteiger partial charge in [-0.15, -0.1) is 0 Å². The number of carbonyl (C=O) groups excluding carboxylic acids is 1. The highest BCUT2D eigenvalue weighted by molar-refractivity contribution is 14.1. The number of fused-ring (bicyclic) bond motifs is 1. The number of nitrogens with zero attached hydrogens (tertiary/aromatic N) is 2. The summed E-state index contributed by atoms with van der Waals surface area (Å²) in [6.07, 6.45) is 4.09. The maximum Gasteiger partial charge on any atom is 0.338 e. The third kappa shape index (κ3) is 4.65. The minimum Gasteiger partial charge on any atom is -0.488 e. The molecule has 34 heavy (non-hydrogen) atoms. The van der Waals surface area contributed by atoms with Crippen LogP contribution in [0.3, 0.4) is 0 Å². The van der Waals surface area contributed by atoms with Gasteiger partial charge >= 0.3 is 5.97 Å². The fraction of sp³-hybridized carbons (Fsp3) is 0.192. The van der Waals surface area contributed by atoms with E-state index in [4.69, 9.17) is 9.47 Å². The molecular formula is C26H23IN2O4S. The van der Waals surface area contributed by atoms with Gasteiger partial charge in [0.05, 0.1) is 32.5 Å². The van der Waals surface area contributed by atoms with Gasteiger partial charge in [0.25, 0.3) is 5.56 Å². The van der Waals surface area contributed by atoms with Gasteiger partial charge in [0.15, 0.2) is 4.80 Å². The van der Waals surface area contributed by atoms with Crippen molar-refractivity contribution in [2.75, 3.05) is 13.7 Å². The van der Waals surface area contributed by atoms with Crippen molar-refractivity contribution < 1.29 is 14.3 Å². The van der Waals surface area contributed by atoms with Gasteiger partial charge in [0.2, 0.25) is 0 Å². The van der Waals surface area contributed by atoms with E-state index < -0.39 is 12.0 Å². The van der Waals surface area contributed by atoms with Crippen LogP contribution in [-0.4, -0.2) is 24.3 Å². The zero-order chi connectivity index (χ0) is 24.2. The van der Waals surface area contributed by atoms with Gasteiger partial charge in [-0.3, -0.25) is 9.36 Å². The number of hydrogen-bond acceptors (Lipinski definition) is 6. The van der Waals surface area contributed by atoms with Crippen LogP contribution in [0.1, 0.15) is 30.5 Å². The molecule has 0 unspecified atom stereocenters. The van der Waals surface area contributed by atoms with E-state index in [0.717, 1.165) is 20.4 Å². The number of carbonyl (C=O) groups is 1. The SMILES string of the molecule is C=CCOc1ccc(/C=c2\sc3n(c2=O)[C@H](c2ccccc2)C(C(=O)OC)=C(CC)N=3)cc1I. The van der Waals surface area contributed by atoms with Crippen molar-refractivity contribution in [1.82, 2.24) is 4.57 Å². The molecule has 1 aliphatic rings. The van der Waals surface area contributed by atoms with E-state index in [0.29, 0.717) is 33.6 Å². The van der Waals surface area contributed by atoms with E-state index in [1.165, 1.54) is 18.4 Å². The molecule has 1 atom stereocenters. The quantitative estimate of drug-likeness (QED) is 0.239. The van der Waals surface area contributed by atoms with E-state index >= 15 is 0 Å². The van der Waals surface area contributed by atoms with Gasteiger partial charge in [-0.25, -0.2) is 9.79 Å². The number of methoxy groups -OCH3 is 1. The molecule has 0 aliphatic carbocycles. The fourth-order valence-corrected chi connectivity index (χ4v) is 5.55. The van der Waals surface area contributed by atoms with Crippen molar-refractivity contribution in [1.29, 1.82) is 0 Å². The molecular weight excluding hydrogens is 563 g/mol. The van der Waals surface area contributed by atoms with Crippen LogP contribution in [-0.2, 0) is 9.53 Å². The Bertz CT molecular complexity index is 1450. The van der Waals surface area contributed by atoms with Crippen LogP contribution in [0.4, 0.5) is 0 Å². The summed E-state index contributed by atoms with van der Waals surface area (Å²) in [5.41, 5.74) is 2.53. The van der Waals surface area contributed by atoms with Gasteiger partial charge in [-0.2, -0.15) is 0 Å². The van der Waals surface area contributed by atoms with Crippen LogP contribution in [0.2, 0.25) is 0 Å². The summed E-state index contributed by atoms with van der Waals surface area (Å²) in [4.78, 5) is 31.7. The number of ether oxygens (including phenoxy) is 2. The van der Waals surface area contributed by atoms with E-state index in [-0.39, 0.29) is 5.56 Å². The molecule has 6 nitrogen and oxygen atoms in total. The minimum atomic E-state index is -0.600. The van der Waals surface area contributed by atoms with Crippen LogP contribution in [0.5, 0.6) is 5.75 Å². The second kappa shape index (κ2) is 10.5. The summed E-state index contributed by atoms with van der Waals surface area (Å²) in [6, 6.07) is 14.7. The molecule has 1 aromatic heterocycles. The summed E-state index contributed by atoms with van der Waals surface area (Å²) >= 11 is 3.53. The Morgan fingerprint density at radius 1 is 1.26 bits per heavy atom. The number of thiazole rings is 1. The van der Waals surface area contributed by atoms with Gasteiger partial charge in [-0.1, -0.05) is 67.3 Å². The molecule has 2 heterocycles. The summed E-state index contributed by atoms with van der Waals surface area (Å²) in [5.74, 6) is 0.284. The third-order valence-corrected chi connectivity index (χ3v) is 7.20. The first-order valence-corrected chi connectivity index (χ1v) is 12.6. The smallest absolute Gasteiger partial charge is 0.338 e. The molecule has 0 bridgehead atoms. The number of hydrogen-bond donors (Lipinski definition) is 0. The molecule has 0 saturated carbocycles. The van der Waals surface area contributed by atoms with E-state index in [2.05, 4.69) is 34.2 Å². The summed E-state index contributed by atoms with van der Waals surface area (Å²) in [5, 5.41) is 0. The van der Waals surface area contributed by atoms with Crippen LogP contribution in [0.25, 0.3) is 6.08 Å². The summed E-state index contributed by atoms with van der Waals surface area (Å²) < 4.78 is 13.8. The number of allylic oxidation sites excluding steroid dienone is 1. The standard InChI is InChI=1S/C26H23IN2O4S/c1-4-13-33-20-12-11-16(14-18(20)27)15-21-24(30)29-23(17-9-7-6-8-10-17)22(25(31)32-3)19(5-2)28-26(29)34-21/h4,6-12,14-15,23H,1,5,13H2,2-3H3/b21-15-/t23-/m1/s1. The van der Waals surface area contributed by atoms with Crippen molar-refractivity contribution in [3.63, 3.8) is 0 Å². The molecule has 4 rings (SSSR count). The highest BCUT2D eigenvalue weighted by Crippen LogP contribution is 2.31. The second-order valence-electron chi connectivity index (χ2n) is 7.49. The Balaban J connectivity index is 1.89. The van der Waals surface area contributed by atoms with Crippen LogP contribution < -0.4 is 19.6 Å². The lowest BCUT2D eigenvalue weighted by Crippen LogP contribution is -2.40. The van der Waals surface area contributed by atoms with Crippen molar-refractivity contribution in [3.8, 4) is 5.75 Å². The highest BCUT2D eigenvalue weighted by atomic mass is 127. The van der Waals surface area contributed by atoms with Crippen LogP contribution in [0.15, 0.2) is 82.2 Å². The van der Waals surface area contributed by atoms with E-state index in [1.807, 2.05) is 61.5 Å². The van der Waals surface area contributed by atoms with Crippen molar-refractivity contribution in [2.45, 2.75) is 19.4 Å². The topological polar surface area (TPSA) is 69.9 Å². The lowest BCUT2D eigenvalue weighted by molar-refractivity contribution is -0.136. The van der Waals surface area contributed by atoms with Crippen molar-refractivity contribution in [2.24, 2.45) is 4.99 Å². The predicted molar refractivity (Wildman–Crippen MR) is 142 cm³/mol. The first kappa shape index (κ1) is 24.2. The predicted octanol–water partition coefficient (Wildman–Crippen LogP) is 3.97. The first-order valence-electron chi connectivity index (χ1n) is 10.7. The fourth-order valence-electron chi connectivity index (χ4n) is 3.84. The number of halogens is 1. The first-order chi connectivity index (χ1) is 16.5. The Labute approximate surface area is 214 Å². The average Bonchev–Trinajstić information content (AvgIpc) is 3.16. The molecule has 0 N–H and O–H groups in total. The Hall–Kier alpha value is -2.98. The molecule has 1 aliphatic heterocycles. The molecule has 0 amide bonds. The third-order valence-electron chi connectivity index (χ3n) is 5.38. The van der Waals surface area contributed by atoms with Crippen LogP contribution >= 0.6 is 33.9 Å². The number of benzene rings is 2. The monoisotopic (exact) mass is 586 g/mol. The normalized spacial score (nSPS) is 15.5. The van der Waals surface area contributed by atoms with Gasteiger partial charge in [0, 0.05) is 0 Å². The molecule has 0 saturated heterocycles. The molecule has 3 aromatic rings. The molecule has 0 spiro atoms. The maximum absolute atomic E-state index is 13.6. The van der Waals surface area contributed by atoms with E-state index in [1.54, 1.807) is 10.6 Å². The maximum atomic E-state index is 13.6. The van der Waals surface area contributed by atoms with Crippen molar-refractivity contribution in [3.05, 3.63) is 107 Å². The lowest BCUT2D eigenvalue weighted by Gasteiger charge is -2.25. The Kier molecular flexibility index (Phi) is 7.47. The Morgan fingerprint density at radius 2 is 2.03 bits per heavy atom. The van der Waals surface area contributed by atoms with Crippen LogP contribution in [0, 0.1) is 3.57 Å². The lowest BCUT2D eigenvalue weighted by atomic mass is 9.95. The zero-order valence-corrected chi connectivity index (χ0v) is 21.8. The van der Waals surface area contributed by atoms with Crippen molar-refractivity contribution >= 4 is 46.0 Å². The zero-order valence-electron chi connectivity index (χ0n) is 18.8. The number of rotatable bonds is 7. The molecule has 174 valence electrons. The minimum absolute atomic E-state index is 0.198. The second-order valence-corrected chi connectivity index (χ2v) is 9.66. The molecule has 2 aromatic carbocycles. The van der Waals surface area contributed by atoms with Gasteiger partial charge in [0.1, 0.15) is 12.4 Å². The number of esters is 1. The molecule has 0 fully saturated rings. The largest absolute Gasteiger partial charge is 0.488 e. The van der Waals surface area contributed by atoms with E-state index in [9.17, 15) is 9.59 Å². The summed E-state index contributed by atoms with van der Waals surface area (Å²) in [7, 11) is 1.35. The average molecular weight is 586 g/mol. The number of aromatic nitrogens is 1. The summed E-state index contributed by atoms with van der Waals surface area (Å²) in [6.45, 7) is 6.04. The Morgan fingerprint density at radius 3 is 2.68 bits per heavy atom.